The van der Waals surface area contributed by atoms with Crippen LogP contribution in [0.25, 0.3) is 10.9 Å². The zero-order valence-corrected chi connectivity index (χ0v) is 12.9. The van der Waals surface area contributed by atoms with Crippen molar-refractivity contribution in [1.29, 1.82) is 0 Å². The van der Waals surface area contributed by atoms with E-state index in [9.17, 15) is 8.42 Å². The van der Waals surface area contributed by atoms with E-state index in [4.69, 9.17) is 11.6 Å². The smallest absolute Gasteiger partial charge is 0.158 e. The molecule has 0 bridgehead atoms. The number of hydrogen-bond acceptors (Lipinski definition) is 2. The SMILES string of the molecule is CCn1c(CS(=O)(=O)C(C)C)cc2cc(Cl)ccc21. The van der Waals surface area contributed by atoms with Crippen LogP contribution in [0.5, 0.6) is 0 Å². The second kappa shape index (κ2) is 5.17. The van der Waals surface area contributed by atoms with Crippen LogP contribution in [0.1, 0.15) is 26.5 Å². The van der Waals surface area contributed by atoms with Gasteiger partial charge in [0.2, 0.25) is 0 Å². The van der Waals surface area contributed by atoms with Crippen LogP contribution in [0, 0.1) is 0 Å². The quantitative estimate of drug-likeness (QED) is 0.864. The Kier molecular flexibility index (Phi) is 3.92. The van der Waals surface area contributed by atoms with Crippen LogP contribution in [0.3, 0.4) is 0 Å². The van der Waals surface area contributed by atoms with Gasteiger partial charge in [-0.05, 0) is 45.0 Å². The summed E-state index contributed by atoms with van der Waals surface area (Å²) < 4.78 is 26.2. The summed E-state index contributed by atoms with van der Waals surface area (Å²) in [5.74, 6) is 0.0742. The van der Waals surface area contributed by atoms with Crippen molar-refractivity contribution in [2.45, 2.75) is 38.3 Å². The van der Waals surface area contributed by atoms with Gasteiger partial charge in [0.25, 0.3) is 0 Å². The molecule has 0 fully saturated rings. The van der Waals surface area contributed by atoms with Gasteiger partial charge >= 0.3 is 0 Å². The lowest BCUT2D eigenvalue weighted by Crippen LogP contribution is -2.18. The Morgan fingerprint density at radius 3 is 2.53 bits per heavy atom. The number of nitrogens with zero attached hydrogens (tertiary/aromatic N) is 1. The molecule has 19 heavy (non-hydrogen) atoms. The third-order valence-electron chi connectivity index (χ3n) is 3.33. The Balaban J connectivity index is 2.55. The molecule has 0 saturated heterocycles. The molecule has 0 amide bonds. The van der Waals surface area contributed by atoms with Crippen LogP contribution < -0.4 is 0 Å². The number of halogens is 1. The summed E-state index contributed by atoms with van der Waals surface area (Å²) in [7, 11) is -3.10. The molecular formula is C14H18ClNO2S. The molecule has 5 heteroatoms. The highest BCUT2D eigenvalue weighted by molar-refractivity contribution is 7.91. The molecule has 3 nitrogen and oxygen atoms in total. The highest BCUT2D eigenvalue weighted by Crippen LogP contribution is 2.25. The molecule has 1 aromatic heterocycles. The van der Waals surface area contributed by atoms with Crippen molar-refractivity contribution < 1.29 is 8.42 Å². The third-order valence-corrected chi connectivity index (χ3v) is 5.70. The topological polar surface area (TPSA) is 39.1 Å². The van der Waals surface area contributed by atoms with Crippen LogP contribution >= 0.6 is 11.6 Å². The van der Waals surface area contributed by atoms with Gasteiger partial charge in [0.15, 0.2) is 9.84 Å². The zero-order chi connectivity index (χ0) is 14.2. The van der Waals surface area contributed by atoms with Gasteiger partial charge in [0.1, 0.15) is 0 Å². The van der Waals surface area contributed by atoms with Gasteiger partial charge in [-0.3, -0.25) is 0 Å². The minimum Gasteiger partial charge on any atom is -0.344 e. The summed E-state index contributed by atoms with van der Waals surface area (Å²) in [6, 6.07) is 7.56. The van der Waals surface area contributed by atoms with Gasteiger partial charge in [-0.2, -0.15) is 0 Å². The number of aromatic nitrogens is 1. The lowest BCUT2D eigenvalue weighted by Gasteiger charge is -2.10. The van der Waals surface area contributed by atoms with Crippen molar-refractivity contribution in [3.63, 3.8) is 0 Å². The molecule has 104 valence electrons. The van der Waals surface area contributed by atoms with Gasteiger partial charge in [0, 0.05) is 28.2 Å². The summed E-state index contributed by atoms with van der Waals surface area (Å²) in [5.41, 5.74) is 1.86. The van der Waals surface area contributed by atoms with Crippen molar-refractivity contribution in [3.05, 3.63) is 35.0 Å². The maximum atomic E-state index is 12.1. The largest absolute Gasteiger partial charge is 0.344 e. The van der Waals surface area contributed by atoms with Crippen LogP contribution in [0.2, 0.25) is 5.02 Å². The number of aryl methyl sites for hydroxylation is 1. The van der Waals surface area contributed by atoms with Crippen LogP contribution in [0.15, 0.2) is 24.3 Å². The normalized spacial score (nSPS) is 12.5. The molecule has 0 aliphatic heterocycles. The number of hydrogen-bond donors (Lipinski definition) is 0. The van der Waals surface area contributed by atoms with E-state index in [1.54, 1.807) is 13.8 Å². The average molecular weight is 300 g/mol. The minimum atomic E-state index is -3.10. The molecule has 0 aliphatic carbocycles. The van der Waals surface area contributed by atoms with Crippen molar-refractivity contribution in [3.8, 4) is 0 Å². The third kappa shape index (κ3) is 2.79. The zero-order valence-electron chi connectivity index (χ0n) is 11.4. The maximum absolute atomic E-state index is 12.1. The van der Waals surface area contributed by atoms with Crippen LogP contribution in [-0.2, 0) is 22.1 Å². The first-order chi connectivity index (χ1) is 8.85. The molecule has 0 aliphatic rings. The fourth-order valence-corrected chi connectivity index (χ4v) is 3.33. The van der Waals surface area contributed by atoms with Gasteiger partial charge < -0.3 is 4.57 Å². The van der Waals surface area contributed by atoms with Crippen molar-refractivity contribution >= 4 is 32.3 Å². The van der Waals surface area contributed by atoms with Crippen molar-refractivity contribution in [2.24, 2.45) is 0 Å². The monoisotopic (exact) mass is 299 g/mol. The Labute approximate surface area is 119 Å². The molecule has 2 rings (SSSR count). The predicted molar refractivity (Wildman–Crippen MR) is 80.4 cm³/mol. The summed E-state index contributed by atoms with van der Waals surface area (Å²) in [6.07, 6.45) is 0. The Bertz CT molecular complexity index is 702. The fourth-order valence-electron chi connectivity index (χ4n) is 2.16. The maximum Gasteiger partial charge on any atom is 0.158 e. The summed E-state index contributed by atoms with van der Waals surface area (Å²) >= 11 is 5.98. The van der Waals surface area contributed by atoms with E-state index < -0.39 is 9.84 Å². The second-order valence-electron chi connectivity index (χ2n) is 4.94. The summed E-state index contributed by atoms with van der Waals surface area (Å²) in [4.78, 5) is 0. The number of rotatable bonds is 4. The van der Waals surface area contributed by atoms with E-state index in [1.807, 2.05) is 35.8 Å². The molecule has 0 unspecified atom stereocenters. The van der Waals surface area contributed by atoms with E-state index in [1.165, 1.54) is 0 Å². The molecule has 0 spiro atoms. The Hall–Kier alpha value is -1.00. The first kappa shape index (κ1) is 14.4. The first-order valence-electron chi connectivity index (χ1n) is 6.34. The van der Waals surface area contributed by atoms with E-state index in [2.05, 4.69) is 0 Å². The van der Waals surface area contributed by atoms with Gasteiger partial charge in [-0.25, -0.2) is 8.42 Å². The minimum absolute atomic E-state index is 0.0742. The summed E-state index contributed by atoms with van der Waals surface area (Å²) in [5, 5.41) is 1.29. The van der Waals surface area contributed by atoms with E-state index in [-0.39, 0.29) is 11.0 Å². The van der Waals surface area contributed by atoms with Gasteiger partial charge in [0.05, 0.1) is 11.0 Å². The van der Waals surface area contributed by atoms with E-state index in [0.717, 1.165) is 23.1 Å². The molecule has 0 atom stereocenters. The average Bonchev–Trinajstić information content (AvgIpc) is 2.64. The van der Waals surface area contributed by atoms with E-state index in [0.29, 0.717) is 5.02 Å². The molecule has 2 aromatic rings. The molecule has 1 aromatic carbocycles. The number of fused-ring (bicyclic) bond motifs is 1. The number of sulfone groups is 1. The Morgan fingerprint density at radius 2 is 1.95 bits per heavy atom. The van der Waals surface area contributed by atoms with Crippen LogP contribution in [0.4, 0.5) is 0 Å². The van der Waals surface area contributed by atoms with E-state index >= 15 is 0 Å². The van der Waals surface area contributed by atoms with Crippen molar-refractivity contribution in [1.82, 2.24) is 4.57 Å². The molecule has 0 N–H and O–H groups in total. The molecule has 1 heterocycles. The van der Waals surface area contributed by atoms with Crippen molar-refractivity contribution in [2.75, 3.05) is 0 Å². The fraction of sp³-hybridized carbons (Fsp3) is 0.429. The molecular weight excluding hydrogens is 282 g/mol. The first-order valence-corrected chi connectivity index (χ1v) is 8.43. The van der Waals surface area contributed by atoms with Gasteiger partial charge in [-0.15, -0.1) is 0 Å². The standard InChI is InChI=1S/C14H18ClNO2S/c1-4-16-13(9-19(17,18)10(2)3)8-11-7-12(15)5-6-14(11)16/h5-8,10H,4,9H2,1-3H3. The number of benzene rings is 1. The van der Waals surface area contributed by atoms with Crippen LogP contribution in [-0.4, -0.2) is 18.2 Å². The highest BCUT2D eigenvalue weighted by atomic mass is 35.5. The Morgan fingerprint density at radius 1 is 1.26 bits per heavy atom. The molecule has 0 saturated carbocycles. The predicted octanol–water partition coefficient (Wildman–Crippen LogP) is 3.64. The lowest BCUT2D eigenvalue weighted by molar-refractivity contribution is 0.584. The summed E-state index contributed by atoms with van der Waals surface area (Å²) in [6.45, 7) is 6.18. The molecule has 0 radical (unpaired) electrons. The van der Waals surface area contributed by atoms with Gasteiger partial charge in [-0.1, -0.05) is 11.6 Å². The highest BCUT2D eigenvalue weighted by Gasteiger charge is 2.20. The lowest BCUT2D eigenvalue weighted by atomic mass is 10.2. The second-order valence-corrected chi connectivity index (χ2v) is 7.93.